The first kappa shape index (κ1) is 17.6. The Morgan fingerprint density at radius 1 is 1.40 bits per heavy atom. The van der Waals surface area contributed by atoms with E-state index in [0.29, 0.717) is 5.92 Å². The Morgan fingerprint density at radius 2 is 2.16 bits per heavy atom. The third kappa shape index (κ3) is 3.58. The van der Waals surface area contributed by atoms with Crippen molar-refractivity contribution < 1.29 is 9.72 Å². The van der Waals surface area contributed by atoms with Crippen molar-refractivity contribution in [3.63, 3.8) is 0 Å². The van der Waals surface area contributed by atoms with Gasteiger partial charge >= 0.3 is 0 Å². The van der Waals surface area contributed by atoms with E-state index >= 15 is 0 Å². The van der Waals surface area contributed by atoms with Gasteiger partial charge in [0.1, 0.15) is 0 Å². The van der Waals surface area contributed by atoms with Gasteiger partial charge in [-0.25, -0.2) is 0 Å². The normalized spacial score (nSPS) is 17.6. The maximum Gasteiger partial charge on any atom is 0.269 e. The van der Waals surface area contributed by atoms with Gasteiger partial charge in [0.15, 0.2) is 0 Å². The van der Waals surface area contributed by atoms with E-state index in [9.17, 15) is 14.9 Å². The molecule has 3 rings (SSSR count). The highest BCUT2D eigenvalue weighted by atomic mass is 32.1. The van der Waals surface area contributed by atoms with Gasteiger partial charge in [-0.2, -0.15) is 0 Å². The number of non-ortho nitro benzene ring substituents is 1. The molecule has 0 fully saturated rings. The monoisotopic (exact) mass is 358 g/mol. The molecule has 0 spiro atoms. The van der Waals surface area contributed by atoms with E-state index in [2.05, 4.69) is 6.92 Å². The first-order valence-corrected chi connectivity index (χ1v) is 9.31. The second kappa shape index (κ2) is 6.96. The van der Waals surface area contributed by atoms with E-state index in [1.54, 1.807) is 29.4 Å². The predicted octanol–water partition coefficient (Wildman–Crippen LogP) is 4.61. The molecule has 0 radical (unpaired) electrons. The van der Waals surface area contributed by atoms with Gasteiger partial charge in [0.2, 0.25) is 0 Å². The third-order valence-electron chi connectivity index (χ3n) is 5.00. The molecular formula is C19H22N2O3S. The first-order valence-electron chi connectivity index (χ1n) is 8.50. The summed E-state index contributed by atoms with van der Waals surface area (Å²) in [5.74, 6) is 0.651. The smallest absolute Gasteiger partial charge is 0.269 e. The summed E-state index contributed by atoms with van der Waals surface area (Å²) in [6, 6.07) is 8.29. The van der Waals surface area contributed by atoms with Crippen molar-refractivity contribution in [1.82, 2.24) is 4.90 Å². The standard InChI is InChI=1S/C19H22N2O3S/c1-12-7-8-17-15(9-12)11-18(25-17)19(22)20(3)13(2)14-5-4-6-16(10-14)21(23)24/h4-6,10-13H,7-9H2,1-3H3. The van der Waals surface area contributed by atoms with Crippen molar-refractivity contribution in [3.8, 4) is 0 Å². The largest absolute Gasteiger partial charge is 0.334 e. The van der Waals surface area contributed by atoms with Crippen LogP contribution in [0.4, 0.5) is 5.69 Å². The molecule has 25 heavy (non-hydrogen) atoms. The highest BCUT2D eigenvalue weighted by molar-refractivity contribution is 7.14. The molecule has 5 nitrogen and oxygen atoms in total. The number of hydrogen-bond acceptors (Lipinski definition) is 4. The second-order valence-corrected chi connectivity index (χ2v) is 7.99. The molecule has 2 atom stereocenters. The number of nitro benzene ring substituents is 1. The summed E-state index contributed by atoms with van der Waals surface area (Å²) in [5, 5.41) is 11.0. The van der Waals surface area contributed by atoms with E-state index in [1.165, 1.54) is 29.0 Å². The maximum atomic E-state index is 12.9. The SMILES string of the molecule is CC1CCc2sc(C(=O)N(C)C(C)c3cccc([N+](=O)[O-])c3)cc2C1. The molecule has 0 bridgehead atoms. The Bertz CT molecular complexity index is 815. The quantitative estimate of drug-likeness (QED) is 0.592. The number of hydrogen-bond donors (Lipinski definition) is 0. The minimum atomic E-state index is -0.410. The summed E-state index contributed by atoms with van der Waals surface area (Å²) in [4.78, 5) is 27.2. The lowest BCUT2D eigenvalue weighted by Crippen LogP contribution is -2.29. The number of carbonyl (C=O) groups excluding carboxylic acids is 1. The van der Waals surface area contributed by atoms with Crippen LogP contribution in [0.15, 0.2) is 30.3 Å². The number of amides is 1. The van der Waals surface area contributed by atoms with Gasteiger partial charge in [-0.1, -0.05) is 19.1 Å². The molecule has 2 aromatic rings. The van der Waals surface area contributed by atoms with Gasteiger partial charge in [0, 0.05) is 24.1 Å². The zero-order valence-corrected chi connectivity index (χ0v) is 15.5. The van der Waals surface area contributed by atoms with Crippen LogP contribution in [0.1, 0.15) is 52.0 Å². The highest BCUT2D eigenvalue weighted by Crippen LogP contribution is 2.33. The van der Waals surface area contributed by atoms with Crippen molar-refractivity contribution in [2.45, 2.75) is 39.2 Å². The van der Waals surface area contributed by atoms with E-state index in [0.717, 1.165) is 23.3 Å². The van der Waals surface area contributed by atoms with Gasteiger partial charge in [-0.05, 0) is 49.3 Å². The summed E-state index contributed by atoms with van der Waals surface area (Å²) in [7, 11) is 1.76. The fourth-order valence-corrected chi connectivity index (χ4v) is 4.47. The van der Waals surface area contributed by atoms with Crippen LogP contribution >= 0.6 is 11.3 Å². The van der Waals surface area contributed by atoms with E-state index < -0.39 is 4.92 Å². The van der Waals surface area contributed by atoms with Gasteiger partial charge in [-0.3, -0.25) is 14.9 Å². The van der Waals surface area contributed by atoms with Gasteiger partial charge in [-0.15, -0.1) is 11.3 Å². The molecule has 132 valence electrons. The van der Waals surface area contributed by atoms with Crippen LogP contribution < -0.4 is 0 Å². The van der Waals surface area contributed by atoms with Crippen LogP contribution in [0.5, 0.6) is 0 Å². The lowest BCUT2D eigenvalue weighted by Gasteiger charge is -2.24. The number of aryl methyl sites for hydroxylation is 1. The summed E-state index contributed by atoms with van der Waals surface area (Å²) >= 11 is 1.60. The van der Waals surface area contributed by atoms with Crippen LogP contribution in [0, 0.1) is 16.0 Å². The zero-order valence-electron chi connectivity index (χ0n) is 14.7. The fourth-order valence-electron chi connectivity index (χ4n) is 3.28. The average molecular weight is 358 g/mol. The van der Waals surface area contributed by atoms with Crippen molar-refractivity contribution in [2.75, 3.05) is 7.05 Å². The van der Waals surface area contributed by atoms with Gasteiger partial charge in [0.25, 0.3) is 11.6 Å². The van der Waals surface area contributed by atoms with E-state index in [4.69, 9.17) is 0 Å². The van der Waals surface area contributed by atoms with Crippen LogP contribution in [0.25, 0.3) is 0 Å². The number of fused-ring (bicyclic) bond motifs is 1. The highest BCUT2D eigenvalue weighted by Gasteiger charge is 2.25. The third-order valence-corrected chi connectivity index (χ3v) is 6.23. The number of nitro groups is 1. The number of rotatable bonds is 4. The first-order chi connectivity index (χ1) is 11.9. The summed E-state index contributed by atoms with van der Waals surface area (Å²) in [5.41, 5.74) is 2.12. The molecule has 1 heterocycles. The molecule has 2 unspecified atom stereocenters. The molecule has 0 N–H and O–H groups in total. The molecule has 1 aliphatic rings. The minimum Gasteiger partial charge on any atom is -0.334 e. The molecule has 1 aliphatic carbocycles. The zero-order chi connectivity index (χ0) is 18.1. The van der Waals surface area contributed by atoms with Gasteiger partial charge in [0.05, 0.1) is 15.8 Å². The number of nitrogens with zero attached hydrogens (tertiary/aromatic N) is 2. The number of thiophene rings is 1. The van der Waals surface area contributed by atoms with Gasteiger partial charge < -0.3 is 4.90 Å². The Hall–Kier alpha value is -2.21. The Labute approximate surface area is 151 Å². The predicted molar refractivity (Wildman–Crippen MR) is 99.1 cm³/mol. The molecule has 0 aliphatic heterocycles. The van der Waals surface area contributed by atoms with Crippen molar-refractivity contribution in [1.29, 1.82) is 0 Å². The summed E-state index contributed by atoms with van der Waals surface area (Å²) in [6.45, 7) is 4.14. The van der Waals surface area contributed by atoms with Crippen molar-refractivity contribution in [3.05, 3.63) is 61.3 Å². The Balaban J connectivity index is 1.80. The van der Waals surface area contributed by atoms with Crippen LogP contribution in [-0.2, 0) is 12.8 Å². The summed E-state index contributed by atoms with van der Waals surface area (Å²) < 4.78 is 0. The van der Waals surface area contributed by atoms with Crippen LogP contribution in [-0.4, -0.2) is 22.8 Å². The van der Waals surface area contributed by atoms with Crippen LogP contribution in [0.2, 0.25) is 0 Å². The van der Waals surface area contributed by atoms with Crippen molar-refractivity contribution >= 4 is 22.9 Å². The van der Waals surface area contributed by atoms with Crippen molar-refractivity contribution in [2.24, 2.45) is 5.92 Å². The minimum absolute atomic E-state index is 0.0222. The molecule has 1 amide bonds. The van der Waals surface area contributed by atoms with E-state index in [-0.39, 0.29) is 17.6 Å². The molecule has 6 heteroatoms. The second-order valence-electron chi connectivity index (χ2n) is 6.85. The molecule has 1 aromatic carbocycles. The lowest BCUT2D eigenvalue weighted by molar-refractivity contribution is -0.384. The topological polar surface area (TPSA) is 63.5 Å². The Kier molecular flexibility index (Phi) is 4.90. The molecular weight excluding hydrogens is 336 g/mol. The molecule has 0 saturated carbocycles. The van der Waals surface area contributed by atoms with E-state index in [1.807, 2.05) is 19.1 Å². The molecule has 0 saturated heterocycles. The summed E-state index contributed by atoms with van der Waals surface area (Å²) in [6.07, 6.45) is 3.28. The average Bonchev–Trinajstić information content (AvgIpc) is 3.02. The lowest BCUT2D eigenvalue weighted by atomic mass is 9.90. The maximum absolute atomic E-state index is 12.9. The van der Waals surface area contributed by atoms with Crippen LogP contribution in [0.3, 0.4) is 0 Å². The Morgan fingerprint density at radius 3 is 2.88 bits per heavy atom. The number of carbonyl (C=O) groups is 1. The molecule has 1 aromatic heterocycles. The fraction of sp³-hybridized carbons (Fsp3) is 0.421. The number of benzene rings is 1.